The van der Waals surface area contributed by atoms with Gasteiger partial charge in [-0.1, -0.05) is 37.1 Å². The second kappa shape index (κ2) is 8.07. The SMILES string of the molecule is CCCCOc1ccc([C@@H]2CC(=O)Nc3c2cnn3-c2ccc(Cl)cc2)cc1. The number of hydrogen-bond acceptors (Lipinski definition) is 3. The van der Waals surface area contributed by atoms with Gasteiger partial charge in [-0.05, 0) is 48.4 Å². The second-order valence-corrected chi connectivity index (χ2v) is 7.35. The maximum absolute atomic E-state index is 12.4. The van der Waals surface area contributed by atoms with Crippen molar-refractivity contribution in [3.8, 4) is 11.4 Å². The van der Waals surface area contributed by atoms with Crippen molar-refractivity contribution < 1.29 is 9.53 Å². The number of amides is 1. The molecule has 0 spiro atoms. The lowest BCUT2D eigenvalue weighted by Crippen LogP contribution is -2.24. The minimum Gasteiger partial charge on any atom is -0.494 e. The second-order valence-electron chi connectivity index (χ2n) is 6.91. The Balaban J connectivity index is 1.62. The number of halogens is 1. The molecule has 0 aliphatic carbocycles. The van der Waals surface area contributed by atoms with Crippen molar-refractivity contribution in [2.45, 2.75) is 32.1 Å². The molecule has 4 rings (SSSR count). The van der Waals surface area contributed by atoms with Gasteiger partial charge in [0, 0.05) is 22.9 Å². The van der Waals surface area contributed by atoms with E-state index in [4.69, 9.17) is 16.3 Å². The minimum absolute atomic E-state index is 0.0171. The maximum Gasteiger partial charge on any atom is 0.226 e. The number of carbonyl (C=O) groups excluding carboxylic acids is 1. The van der Waals surface area contributed by atoms with Crippen LogP contribution in [0.1, 0.15) is 43.2 Å². The Labute approximate surface area is 169 Å². The first-order chi connectivity index (χ1) is 13.7. The van der Waals surface area contributed by atoms with Gasteiger partial charge in [0.05, 0.1) is 18.5 Å². The van der Waals surface area contributed by atoms with E-state index in [9.17, 15) is 4.79 Å². The van der Waals surface area contributed by atoms with Gasteiger partial charge < -0.3 is 10.1 Å². The average molecular weight is 396 g/mol. The minimum atomic E-state index is -0.0329. The van der Waals surface area contributed by atoms with E-state index in [1.54, 1.807) is 4.68 Å². The highest BCUT2D eigenvalue weighted by Gasteiger charge is 2.30. The number of fused-ring (bicyclic) bond motifs is 1. The van der Waals surface area contributed by atoms with Crippen LogP contribution in [0.2, 0.25) is 5.02 Å². The molecule has 1 aliphatic rings. The lowest BCUT2D eigenvalue weighted by atomic mass is 9.87. The molecule has 28 heavy (non-hydrogen) atoms. The number of nitrogens with one attached hydrogen (secondary N) is 1. The summed E-state index contributed by atoms with van der Waals surface area (Å²) in [6, 6.07) is 15.4. The van der Waals surface area contributed by atoms with Crippen molar-refractivity contribution in [2.24, 2.45) is 0 Å². The fraction of sp³-hybridized carbons (Fsp3) is 0.273. The molecule has 2 heterocycles. The lowest BCUT2D eigenvalue weighted by Gasteiger charge is -2.24. The van der Waals surface area contributed by atoms with Crippen LogP contribution in [0.4, 0.5) is 5.82 Å². The van der Waals surface area contributed by atoms with Crippen molar-refractivity contribution in [3.63, 3.8) is 0 Å². The third kappa shape index (κ3) is 3.76. The standard InChI is InChI=1S/C22H22ClN3O2/c1-2-3-12-28-18-10-4-15(5-11-18)19-13-21(27)25-22-20(19)14-24-26(22)17-8-6-16(23)7-9-17/h4-11,14,19H,2-3,12-13H2,1H3,(H,25,27)/t19-/m0/s1. The van der Waals surface area contributed by atoms with Crippen molar-refractivity contribution >= 4 is 23.3 Å². The topological polar surface area (TPSA) is 56.1 Å². The normalized spacial score (nSPS) is 15.8. The van der Waals surface area contributed by atoms with Crippen molar-refractivity contribution in [2.75, 3.05) is 11.9 Å². The first kappa shape index (κ1) is 18.6. The van der Waals surface area contributed by atoms with Crippen LogP contribution in [-0.4, -0.2) is 22.3 Å². The highest BCUT2D eigenvalue weighted by Crippen LogP contribution is 2.38. The molecule has 0 unspecified atom stereocenters. The quantitative estimate of drug-likeness (QED) is 0.585. The fourth-order valence-corrected chi connectivity index (χ4v) is 3.55. The Morgan fingerprint density at radius 2 is 1.93 bits per heavy atom. The highest BCUT2D eigenvalue weighted by molar-refractivity contribution is 6.30. The van der Waals surface area contributed by atoms with Crippen molar-refractivity contribution in [3.05, 3.63) is 70.9 Å². The molecule has 1 aromatic heterocycles. The van der Waals surface area contributed by atoms with Crippen LogP contribution >= 0.6 is 11.6 Å². The molecule has 1 amide bonds. The van der Waals surface area contributed by atoms with Crippen LogP contribution in [0, 0.1) is 0 Å². The Morgan fingerprint density at radius 1 is 1.18 bits per heavy atom. The lowest BCUT2D eigenvalue weighted by molar-refractivity contribution is -0.116. The van der Waals surface area contributed by atoms with Gasteiger partial charge in [-0.2, -0.15) is 5.10 Å². The summed E-state index contributed by atoms with van der Waals surface area (Å²) in [7, 11) is 0. The van der Waals surface area contributed by atoms with Crippen molar-refractivity contribution in [1.82, 2.24) is 9.78 Å². The molecule has 0 bridgehead atoms. The number of anilines is 1. The summed E-state index contributed by atoms with van der Waals surface area (Å²) in [5, 5.41) is 8.14. The van der Waals surface area contributed by atoms with Gasteiger partial charge in [-0.15, -0.1) is 0 Å². The Kier molecular flexibility index (Phi) is 5.35. The van der Waals surface area contributed by atoms with Gasteiger partial charge in [-0.3, -0.25) is 4.79 Å². The molecule has 0 radical (unpaired) electrons. The molecule has 1 aliphatic heterocycles. The number of ether oxygens (including phenoxy) is 1. The van der Waals surface area contributed by atoms with E-state index in [0.29, 0.717) is 17.3 Å². The van der Waals surface area contributed by atoms with Gasteiger partial charge >= 0.3 is 0 Å². The molecule has 1 N–H and O–H groups in total. The van der Waals surface area contributed by atoms with Crippen LogP contribution in [-0.2, 0) is 4.79 Å². The van der Waals surface area contributed by atoms with Crippen LogP contribution in [0.5, 0.6) is 5.75 Å². The van der Waals surface area contributed by atoms with Gasteiger partial charge in [0.1, 0.15) is 11.6 Å². The molecule has 0 saturated carbocycles. The highest BCUT2D eigenvalue weighted by atomic mass is 35.5. The molecule has 0 fully saturated rings. The summed E-state index contributed by atoms with van der Waals surface area (Å²) in [6.45, 7) is 2.86. The monoisotopic (exact) mass is 395 g/mol. The summed E-state index contributed by atoms with van der Waals surface area (Å²) in [4.78, 5) is 12.4. The van der Waals surface area contributed by atoms with Crippen LogP contribution in [0.3, 0.4) is 0 Å². The summed E-state index contributed by atoms with van der Waals surface area (Å²) in [5.41, 5.74) is 2.94. The smallest absolute Gasteiger partial charge is 0.226 e. The van der Waals surface area contributed by atoms with Gasteiger partial charge in [0.25, 0.3) is 0 Å². The first-order valence-corrected chi connectivity index (χ1v) is 9.90. The summed E-state index contributed by atoms with van der Waals surface area (Å²) in [6.07, 6.45) is 4.38. The largest absolute Gasteiger partial charge is 0.494 e. The number of aromatic nitrogens is 2. The number of benzene rings is 2. The van der Waals surface area contributed by atoms with E-state index in [0.717, 1.165) is 42.0 Å². The predicted octanol–water partition coefficient (Wildman–Crippen LogP) is 5.18. The predicted molar refractivity (Wildman–Crippen MR) is 111 cm³/mol. The molecule has 3 aromatic rings. The van der Waals surface area contributed by atoms with Crippen LogP contribution in [0.25, 0.3) is 5.69 Å². The number of unbranched alkanes of at least 4 members (excludes halogenated alkanes) is 1. The van der Waals surface area contributed by atoms with Gasteiger partial charge in [-0.25, -0.2) is 4.68 Å². The first-order valence-electron chi connectivity index (χ1n) is 9.52. The zero-order chi connectivity index (χ0) is 19.5. The molecule has 1 atom stereocenters. The number of rotatable bonds is 6. The summed E-state index contributed by atoms with van der Waals surface area (Å²) < 4.78 is 7.49. The van der Waals surface area contributed by atoms with Crippen LogP contribution in [0.15, 0.2) is 54.7 Å². The molecule has 2 aromatic carbocycles. The third-order valence-electron chi connectivity index (χ3n) is 4.94. The third-order valence-corrected chi connectivity index (χ3v) is 5.19. The van der Waals surface area contributed by atoms with E-state index in [2.05, 4.69) is 17.3 Å². The van der Waals surface area contributed by atoms with Crippen LogP contribution < -0.4 is 10.1 Å². The molecular weight excluding hydrogens is 374 g/mol. The maximum atomic E-state index is 12.4. The number of carbonyl (C=O) groups is 1. The zero-order valence-electron chi connectivity index (χ0n) is 15.7. The molecule has 5 nitrogen and oxygen atoms in total. The van der Waals surface area contributed by atoms with E-state index >= 15 is 0 Å². The number of hydrogen-bond donors (Lipinski definition) is 1. The van der Waals surface area contributed by atoms with E-state index < -0.39 is 0 Å². The molecular formula is C22H22ClN3O2. The fourth-order valence-electron chi connectivity index (χ4n) is 3.43. The Morgan fingerprint density at radius 3 is 2.64 bits per heavy atom. The van der Waals surface area contributed by atoms with E-state index in [1.165, 1.54) is 0 Å². The molecule has 6 heteroatoms. The van der Waals surface area contributed by atoms with E-state index in [-0.39, 0.29) is 11.8 Å². The molecule has 144 valence electrons. The average Bonchev–Trinajstić information content (AvgIpc) is 3.12. The molecule has 0 saturated heterocycles. The number of nitrogens with zero attached hydrogens (tertiary/aromatic N) is 2. The van der Waals surface area contributed by atoms with Crippen molar-refractivity contribution in [1.29, 1.82) is 0 Å². The zero-order valence-corrected chi connectivity index (χ0v) is 16.4. The van der Waals surface area contributed by atoms with Gasteiger partial charge in [0.15, 0.2) is 0 Å². The summed E-state index contributed by atoms with van der Waals surface area (Å²) >= 11 is 5.99. The summed E-state index contributed by atoms with van der Waals surface area (Å²) in [5.74, 6) is 1.52. The Hall–Kier alpha value is -2.79. The Bertz CT molecular complexity index is 964. The van der Waals surface area contributed by atoms with Gasteiger partial charge in [0.2, 0.25) is 5.91 Å². The van der Waals surface area contributed by atoms with E-state index in [1.807, 2.05) is 54.7 Å².